The summed E-state index contributed by atoms with van der Waals surface area (Å²) in [7, 11) is 1.55. The second-order valence-corrected chi connectivity index (χ2v) is 8.37. The third-order valence-electron chi connectivity index (χ3n) is 4.87. The van der Waals surface area contributed by atoms with E-state index in [4.69, 9.17) is 9.47 Å². The third-order valence-corrected chi connectivity index (χ3v) is 4.87. The van der Waals surface area contributed by atoms with E-state index in [9.17, 15) is 9.59 Å². The SMILES string of the molecule is COc1ccc(-n2nc(C(=O)N3CCCN3C(=O)OC(C)(C)C)cc2-c2cc[nH]c2)cn1. The van der Waals surface area contributed by atoms with Gasteiger partial charge in [-0.15, -0.1) is 0 Å². The number of aromatic nitrogens is 4. The van der Waals surface area contributed by atoms with Crippen LogP contribution in [0.3, 0.4) is 0 Å². The minimum absolute atomic E-state index is 0.215. The van der Waals surface area contributed by atoms with Gasteiger partial charge in [0.25, 0.3) is 5.91 Å². The molecule has 2 amide bonds. The van der Waals surface area contributed by atoms with E-state index in [2.05, 4.69) is 15.1 Å². The highest BCUT2D eigenvalue weighted by molar-refractivity contribution is 5.94. The Kier molecular flexibility index (Phi) is 5.60. The average Bonchev–Trinajstić information content (AvgIpc) is 3.52. The molecule has 1 aliphatic rings. The van der Waals surface area contributed by atoms with Crippen molar-refractivity contribution in [2.45, 2.75) is 32.8 Å². The molecule has 0 aromatic carbocycles. The lowest BCUT2D eigenvalue weighted by Crippen LogP contribution is -2.47. The number of pyridine rings is 1. The zero-order chi connectivity index (χ0) is 22.9. The van der Waals surface area contributed by atoms with E-state index in [1.54, 1.807) is 57.1 Å². The molecule has 0 radical (unpaired) electrons. The molecule has 3 aromatic rings. The Hall–Kier alpha value is -3.82. The predicted octanol–water partition coefficient (Wildman–Crippen LogP) is 3.27. The van der Waals surface area contributed by atoms with E-state index in [1.807, 2.05) is 18.3 Å². The molecular formula is C22H26N6O4. The van der Waals surface area contributed by atoms with Crippen molar-refractivity contribution in [3.05, 3.63) is 48.5 Å². The van der Waals surface area contributed by atoms with Crippen LogP contribution in [0.5, 0.6) is 5.88 Å². The van der Waals surface area contributed by atoms with E-state index < -0.39 is 11.7 Å². The maximum atomic E-state index is 13.4. The van der Waals surface area contributed by atoms with Gasteiger partial charge < -0.3 is 14.5 Å². The van der Waals surface area contributed by atoms with Crippen molar-refractivity contribution in [2.75, 3.05) is 20.2 Å². The fourth-order valence-electron chi connectivity index (χ4n) is 3.45. The number of nitrogens with zero attached hydrogens (tertiary/aromatic N) is 5. The topological polar surface area (TPSA) is 106 Å². The molecular weight excluding hydrogens is 412 g/mol. The van der Waals surface area contributed by atoms with Crippen LogP contribution in [-0.4, -0.2) is 67.6 Å². The van der Waals surface area contributed by atoms with E-state index in [0.717, 1.165) is 5.56 Å². The number of amides is 2. The summed E-state index contributed by atoms with van der Waals surface area (Å²) in [6, 6.07) is 7.14. The fourth-order valence-corrected chi connectivity index (χ4v) is 3.45. The average molecular weight is 438 g/mol. The van der Waals surface area contributed by atoms with Crippen LogP contribution in [0.1, 0.15) is 37.7 Å². The first-order chi connectivity index (χ1) is 15.3. The molecule has 0 bridgehead atoms. The van der Waals surface area contributed by atoms with Gasteiger partial charge in [0.1, 0.15) is 5.60 Å². The van der Waals surface area contributed by atoms with Crippen molar-refractivity contribution >= 4 is 12.0 Å². The van der Waals surface area contributed by atoms with Crippen LogP contribution in [0.4, 0.5) is 4.79 Å². The number of methoxy groups -OCH3 is 1. The van der Waals surface area contributed by atoms with E-state index in [1.165, 1.54) is 10.0 Å². The molecule has 0 unspecified atom stereocenters. The minimum Gasteiger partial charge on any atom is -0.481 e. The smallest absolute Gasteiger partial charge is 0.429 e. The van der Waals surface area contributed by atoms with Crippen molar-refractivity contribution in [1.82, 2.24) is 29.8 Å². The summed E-state index contributed by atoms with van der Waals surface area (Å²) in [4.78, 5) is 33.2. The first-order valence-electron chi connectivity index (χ1n) is 10.3. The lowest BCUT2D eigenvalue weighted by atomic mass is 10.2. The van der Waals surface area contributed by atoms with Gasteiger partial charge in [-0.05, 0) is 45.4 Å². The Morgan fingerprint density at radius 3 is 2.53 bits per heavy atom. The van der Waals surface area contributed by atoms with Gasteiger partial charge in [-0.2, -0.15) is 5.10 Å². The molecule has 1 aliphatic heterocycles. The van der Waals surface area contributed by atoms with Crippen LogP contribution in [-0.2, 0) is 4.74 Å². The summed E-state index contributed by atoms with van der Waals surface area (Å²) in [5.41, 5.74) is 1.81. The Balaban J connectivity index is 1.67. The number of hydrazine groups is 1. The predicted molar refractivity (Wildman–Crippen MR) is 116 cm³/mol. The zero-order valence-electron chi connectivity index (χ0n) is 18.5. The Morgan fingerprint density at radius 2 is 1.91 bits per heavy atom. The van der Waals surface area contributed by atoms with Crippen LogP contribution in [0, 0.1) is 0 Å². The van der Waals surface area contributed by atoms with Crippen LogP contribution >= 0.6 is 0 Å². The Labute approximate surface area is 185 Å². The van der Waals surface area contributed by atoms with Crippen LogP contribution in [0.25, 0.3) is 16.9 Å². The highest BCUT2D eigenvalue weighted by Crippen LogP contribution is 2.26. The number of aromatic amines is 1. The first-order valence-corrected chi connectivity index (χ1v) is 10.3. The molecule has 1 N–H and O–H groups in total. The maximum absolute atomic E-state index is 13.4. The molecule has 0 aliphatic carbocycles. The van der Waals surface area contributed by atoms with Crippen LogP contribution in [0.15, 0.2) is 42.9 Å². The molecule has 1 fully saturated rings. The molecule has 10 nitrogen and oxygen atoms in total. The largest absolute Gasteiger partial charge is 0.481 e. The standard InChI is InChI=1S/C22H26N6O4/c1-22(2,3)32-21(30)27-11-5-10-26(27)20(29)17-12-18(15-8-9-23-13-15)28(25-17)16-6-7-19(31-4)24-14-16/h6-9,12-14,23H,5,10-11H2,1-4H3. The molecule has 10 heteroatoms. The molecule has 3 aromatic heterocycles. The molecule has 0 spiro atoms. The van der Waals surface area contributed by atoms with Crippen molar-refractivity contribution in [2.24, 2.45) is 0 Å². The lowest BCUT2D eigenvalue weighted by molar-refractivity contribution is -0.0195. The van der Waals surface area contributed by atoms with Crippen molar-refractivity contribution in [1.29, 1.82) is 0 Å². The number of hydrogen-bond donors (Lipinski definition) is 1. The molecule has 1 saturated heterocycles. The monoisotopic (exact) mass is 438 g/mol. The number of carbonyl (C=O) groups excluding carboxylic acids is 2. The van der Waals surface area contributed by atoms with Crippen LogP contribution < -0.4 is 4.74 Å². The second-order valence-electron chi connectivity index (χ2n) is 8.37. The summed E-state index contributed by atoms with van der Waals surface area (Å²) >= 11 is 0. The van der Waals surface area contributed by atoms with E-state index in [-0.39, 0.29) is 11.6 Å². The highest BCUT2D eigenvalue weighted by atomic mass is 16.6. The van der Waals surface area contributed by atoms with Gasteiger partial charge in [0.2, 0.25) is 5.88 Å². The lowest BCUT2D eigenvalue weighted by Gasteiger charge is -2.29. The number of carbonyl (C=O) groups is 2. The summed E-state index contributed by atoms with van der Waals surface area (Å²) in [5.74, 6) is 0.107. The first kappa shape index (κ1) is 21.4. The number of nitrogens with one attached hydrogen (secondary N) is 1. The van der Waals surface area contributed by atoms with E-state index >= 15 is 0 Å². The number of ether oxygens (including phenoxy) is 2. The molecule has 0 atom stereocenters. The van der Waals surface area contributed by atoms with Gasteiger partial charge in [-0.3, -0.25) is 4.79 Å². The molecule has 32 heavy (non-hydrogen) atoms. The second kappa shape index (κ2) is 8.37. The summed E-state index contributed by atoms with van der Waals surface area (Å²) in [5, 5.41) is 7.30. The summed E-state index contributed by atoms with van der Waals surface area (Å²) < 4.78 is 12.2. The van der Waals surface area contributed by atoms with Gasteiger partial charge in [0, 0.05) is 37.1 Å². The van der Waals surface area contributed by atoms with Crippen LogP contribution in [0.2, 0.25) is 0 Å². The van der Waals surface area contributed by atoms with Crippen molar-refractivity contribution in [3.8, 4) is 22.8 Å². The highest BCUT2D eigenvalue weighted by Gasteiger charge is 2.35. The Morgan fingerprint density at radius 1 is 1.12 bits per heavy atom. The summed E-state index contributed by atoms with van der Waals surface area (Å²) in [6.45, 7) is 6.20. The number of H-pyrrole nitrogens is 1. The van der Waals surface area contributed by atoms with Gasteiger partial charge in [-0.1, -0.05) is 0 Å². The summed E-state index contributed by atoms with van der Waals surface area (Å²) in [6.07, 6.45) is 5.36. The van der Waals surface area contributed by atoms with Gasteiger partial charge in [0.05, 0.1) is 24.7 Å². The van der Waals surface area contributed by atoms with Crippen molar-refractivity contribution < 1.29 is 19.1 Å². The Bertz CT molecular complexity index is 1100. The normalized spacial score (nSPS) is 14.0. The zero-order valence-corrected chi connectivity index (χ0v) is 18.5. The van der Waals surface area contributed by atoms with Gasteiger partial charge >= 0.3 is 6.09 Å². The molecule has 4 heterocycles. The molecule has 4 rings (SSSR count). The number of rotatable bonds is 4. The van der Waals surface area contributed by atoms with E-state index in [0.29, 0.717) is 36.8 Å². The molecule has 0 saturated carbocycles. The van der Waals surface area contributed by atoms with Crippen molar-refractivity contribution in [3.63, 3.8) is 0 Å². The number of hydrogen-bond acceptors (Lipinski definition) is 6. The maximum Gasteiger partial charge on any atom is 0.429 e. The third kappa shape index (κ3) is 4.29. The minimum atomic E-state index is -0.654. The quantitative estimate of drug-likeness (QED) is 0.670. The molecule has 168 valence electrons. The van der Waals surface area contributed by atoms with Gasteiger partial charge in [-0.25, -0.2) is 24.5 Å². The fraction of sp³-hybridized carbons (Fsp3) is 0.364. The van der Waals surface area contributed by atoms with Gasteiger partial charge in [0.15, 0.2) is 5.69 Å².